The van der Waals surface area contributed by atoms with Crippen molar-refractivity contribution in [2.45, 2.75) is 57.9 Å². The van der Waals surface area contributed by atoms with E-state index < -0.39 is 11.6 Å². The molecule has 198 valence electrons. The molecule has 8 nitrogen and oxygen atoms in total. The second kappa shape index (κ2) is 11.3. The first-order chi connectivity index (χ1) is 18.5. The van der Waals surface area contributed by atoms with Crippen molar-refractivity contribution in [3.63, 3.8) is 0 Å². The molecular formula is C29H31N3O5S. The van der Waals surface area contributed by atoms with Crippen molar-refractivity contribution in [2.75, 3.05) is 6.61 Å². The fourth-order valence-electron chi connectivity index (χ4n) is 4.86. The van der Waals surface area contributed by atoms with Gasteiger partial charge in [0.25, 0.3) is 0 Å². The molecule has 0 aliphatic heterocycles. The van der Waals surface area contributed by atoms with Gasteiger partial charge in [0.15, 0.2) is 5.69 Å². The number of rotatable bonds is 11. The van der Waals surface area contributed by atoms with Crippen LogP contribution in [0.5, 0.6) is 5.75 Å². The Morgan fingerprint density at radius 3 is 2.68 bits per heavy atom. The number of ether oxygens (including phenoxy) is 1. The van der Waals surface area contributed by atoms with E-state index in [2.05, 4.69) is 29.4 Å². The molecule has 1 saturated carbocycles. The molecule has 0 amide bonds. The molecule has 1 aliphatic rings. The molecule has 1 N–H and O–H groups in total. The van der Waals surface area contributed by atoms with Crippen LogP contribution in [0.25, 0.3) is 0 Å². The Bertz CT molecular complexity index is 1450. The standard InChI is InChI=1S/C29H31N3O5S/c1-3-19(14-18-8-6-5-7-9-18)24-15-23(33)27(29(35)37-24)26(20-10-11-20)25-13-12-21(38-25)16-32-17-22(30-31-32)28(34)36-4-2/h5-9,12-13,15,17,19-20,26,33H,3-4,10-11,14,16H2,1-2H3. The van der Waals surface area contributed by atoms with Crippen molar-refractivity contribution in [1.82, 2.24) is 15.0 Å². The largest absolute Gasteiger partial charge is 0.507 e. The molecule has 4 aromatic rings. The van der Waals surface area contributed by atoms with Crippen molar-refractivity contribution in [1.29, 1.82) is 0 Å². The third kappa shape index (κ3) is 5.72. The number of hydrogen-bond acceptors (Lipinski definition) is 8. The lowest BCUT2D eigenvalue weighted by Gasteiger charge is -2.18. The lowest BCUT2D eigenvalue weighted by atomic mass is 9.90. The molecule has 0 saturated heterocycles. The Morgan fingerprint density at radius 2 is 2.00 bits per heavy atom. The van der Waals surface area contributed by atoms with Crippen LogP contribution >= 0.6 is 11.3 Å². The van der Waals surface area contributed by atoms with Crippen molar-refractivity contribution < 1.29 is 19.1 Å². The molecular weight excluding hydrogens is 502 g/mol. The summed E-state index contributed by atoms with van der Waals surface area (Å²) in [6.07, 6.45) is 5.08. The van der Waals surface area contributed by atoms with Gasteiger partial charge >= 0.3 is 11.6 Å². The van der Waals surface area contributed by atoms with Crippen LogP contribution in [0.3, 0.4) is 0 Å². The fourth-order valence-corrected chi connectivity index (χ4v) is 6.07. The molecule has 2 unspecified atom stereocenters. The second-order valence-corrected chi connectivity index (χ2v) is 10.9. The van der Waals surface area contributed by atoms with E-state index in [-0.39, 0.29) is 35.8 Å². The van der Waals surface area contributed by atoms with Gasteiger partial charge in [-0.05, 0) is 56.2 Å². The summed E-state index contributed by atoms with van der Waals surface area (Å²) in [4.78, 5) is 27.2. The summed E-state index contributed by atoms with van der Waals surface area (Å²) < 4.78 is 12.4. The Kier molecular flexibility index (Phi) is 7.74. The van der Waals surface area contributed by atoms with Crippen LogP contribution in [0, 0.1) is 5.92 Å². The van der Waals surface area contributed by atoms with Gasteiger partial charge in [0.1, 0.15) is 11.5 Å². The molecule has 0 radical (unpaired) electrons. The van der Waals surface area contributed by atoms with E-state index in [4.69, 9.17) is 9.15 Å². The summed E-state index contributed by atoms with van der Waals surface area (Å²) >= 11 is 1.56. The summed E-state index contributed by atoms with van der Waals surface area (Å²) in [5, 5.41) is 19.0. The average molecular weight is 534 g/mol. The predicted octanol–water partition coefficient (Wildman–Crippen LogP) is 5.50. The number of aromatic hydroxyl groups is 1. The minimum absolute atomic E-state index is 0.0000514. The van der Waals surface area contributed by atoms with Gasteiger partial charge in [0.05, 0.1) is 24.9 Å². The van der Waals surface area contributed by atoms with Gasteiger partial charge in [0, 0.05) is 27.7 Å². The number of esters is 1. The third-order valence-electron chi connectivity index (χ3n) is 6.94. The molecule has 1 aliphatic carbocycles. The van der Waals surface area contributed by atoms with Crippen LogP contribution in [-0.2, 0) is 17.7 Å². The number of thiophene rings is 1. The van der Waals surface area contributed by atoms with E-state index in [1.165, 1.54) is 0 Å². The fraction of sp³-hybridized carbons (Fsp3) is 0.379. The van der Waals surface area contributed by atoms with Gasteiger partial charge in [-0.1, -0.05) is 42.5 Å². The highest BCUT2D eigenvalue weighted by Gasteiger charge is 2.38. The van der Waals surface area contributed by atoms with Crippen LogP contribution in [0.1, 0.15) is 82.1 Å². The maximum Gasteiger partial charge on any atom is 0.360 e. The summed E-state index contributed by atoms with van der Waals surface area (Å²) in [7, 11) is 0. The van der Waals surface area contributed by atoms with Crippen LogP contribution in [-0.4, -0.2) is 32.7 Å². The van der Waals surface area contributed by atoms with E-state index in [9.17, 15) is 14.7 Å². The summed E-state index contributed by atoms with van der Waals surface area (Å²) in [6, 6.07) is 15.7. The van der Waals surface area contributed by atoms with Gasteiger partial charge in [-0.3, -0.25) is 0 Å². The first-order valence-corrected chi connectivity index (χ1v) is 13.8. The minimum atomic E-state index is -0.501. The first-order valence-electron chi connectivity index (χ1n) is 13.0. The van der Waals surface area contributed by atoms with Gasteiger partial charge in [-0.15, -0.1) is 16.4 Å². The predicted molar refractivity (Wildman–Crippen MR) is 144 cm³/mol. The number of benzene rings is 1. The van der Waals surface area contributed by atoms with Gasteiger partial charge in [-0.2, -0.15) is 0 Å². The monoisotopic (exact) mass is 533 g/mol. The molecule has 2 atom stereocenters. The molecule has 0 spiro atoms. The normalized spacial score (nSPS) is 14.8. The molecule has 1 fully saturated rings. The Hall–Kier alpha value is -3.72. The smallest absolute Gasteiger partial charge is 0.360 e. The van der Waals surface area contributed by atoms with E-state index in [1.807, 2.05) is 30.3 Å². The Morgan fingerprint density at radius 1 is 1.21 bits per heavy atom. The number of aromatic nitrogens is 3. The number of nitrogens with zero attached hydrogens (tertiary/aromatic N) is 3. The highest BCUT2D eigenvalue weighted by atomic mass is 32.1. The van der Waals surface area contributed by atoms with Gasteiger partial charge in [-0.25, -0.2) is 14.3 Å². The maximum atomic E-state index is 13.3. The molecule has 3 heterocycles. The molecule has 0 bridgehead atoms. The van der Waals surface area contributed by atoms with E-state index in [0.29, 0.717) is 17.9 Å². The topological polar surface area (TPSA) is 107 Å². The molecule has 5 rings (SSSR count). The van der Waals surface area contributed by atoms with Crippen molar-refractivity contribution in [2.24, 2.45) is 5.92 Å². The maximum absolute atomic E-state index is 13.3. The average Bonchev–Trinajstić information content (AvgIpc) is 3.45. The summed E-state index contributed by atoms with van der Waals surface area (Å²) in [5.74, 6) is 0.0879. The third-order valence-corrected chi connectivity index (χ3v) is 8.09. The van der Waals surface area contributed by atoms with Gasteiger partial charge < -0.3 is 14.3 Å². The summed E-state index contributed by atoms with van der Waals surface area (Å²) in [5.41, 5.74) is 1.20. The zero-order valence-corrected chi connectivity index (χ0v) is 22.3. The molecule has 9 heteroatoms. The van der Waals surface area contributed by atoms with Crippen LogP contribution in [0.2, 0.25) is 0 Å². The highest BCUT2D eigenvalue weighted by Crippen LogP contribution is 2.49. The lowest BCUT2D eigenvalue weighted by molar-refractivity contribution is 0.0519. The zero-order valence-electron chi connectivity index (χ0n) is 21.5. The highest BCUT2D eigenvalue weighted by molar-refractivity contribution is 7.12. The van der Waals surface area contributed by atoms with Crippen LogP contribution in [0.15, 0.2) is 63.9 Å². The van der Waals surface area contributed by atoms with Crippen molar-refractivity contribution in [3.05, 3.63) is 97.5 Å². The Labute approximate surface area is 224 Å². The minimum Gasteiger partial charge on any atom is -0.507 e. The number of carbonyl (C=O) groups is 1. The van der Waals surface area contributed by atoms with Crippen LogP contribution < -0.4 is 5.63 Å². The Balaban J connectivity index is 1.38. The van der Waals surface area contributed by atoms with Gasteiger partial charge in [0.2, 0.25) is 0 Å². The van der Waals surface area contributed by atoms with E-state index in [1.54, 1.807) is 35.2 Å². The summed E-state index contributed by atoms with van der Waals surface area (Å²) in [6.45, 7) is 4.51. The van der Waals surface area contributed by atoms with Crippen molar-refractivity contribution in [3.8, 4) is 5.75 Å². The molecule has 3 aromatic heterocycles. The first kappa shape index (κ1) is 25.9. The molecule has 38 heavy (non-hydrogen) atoms. The SMILES string of the molecule is CCOC(=O)c1cn(Cc2ccc(C(c3c(O)cc(C(CC)Cc4ccccc4)oc3=O)C3CC3)s2)nn1. The van der Waals surface area contributed by atoms with Crippen molar-refractivity contribution >= 4 is 17.3 Å². The molecule has 1 aromatic carbocycles. The number of carbonyl (C=O) groups excluding carboxylic acids is 1. The van der Waals surface area contributed by atoms with E-state index >= 15 is 0 Å². The second-order valence-electron chi connectivity index (χ2n) is 9.67. The quantitative estimate of drug-likeness (QED) is 0.254. The van der Waals surface area contributed by atoms with Crippen LogP contribution in [0.4, 0.5) is 0 Å². The number of hydrogen-bond donors (Lipinski definition) is 1. The van der Waals surface area contributed by atoms with E-state index in [0.717, 1.165) is 41.0 Å². The zero-order chi connectivity index (χ0) is 26.6. The lowest BCUT2D eigenvalue weighted by Crippen LogP contribution is -2.17.